The second kappa shape index (κ2) is 6.39. The van der Waals surface area contributed by atoms with Gasteiger partial charge in [-0.05, 0) is 36.6 Å². The molecule has 0 spiro atoms. The number of carboxylic acids is 1. The van der Waals surface area contributed by atoms with Crippen molar-refractivity contribution in [2.45, 2.75) is 39.2 Å². The Morgan fingerprint density at radius 3 is 2.70 bits per heavy atom. The topological polar surface area (TPSA) is 66.4 Å². The summed E-state index contributed by atoms with van der Waals surface area (Å²) in [5.41, 5.74) is 0. The third kappa shape index (κ3) is 3.20. The SMILES string of the molecule is CCC(NC(=O)[C@H]1CC(C)C[C@H]1C(=O)O)c1cccs1. The highest BCUT2D eigenvalue weighted by molar-refractivity contribution is 7.10. The molecule has 0 bridgehead atoms. The summed E-state index contributed by atoms with van der Waals surface area (Å²) >= 11 is 1.62. The molecular formula is C15H21NO3S. The number of aliphatic carboxylic acids is 1. The summed E-state index contributed by atoms with van der Waals surface area (Å²) in [5, 5.41) is 14.3. The van der Waals surface area contributed by atoms with Gasteiger partial charge < -0.3 is 10.4 Å². The van der Waals surface area contributed by atoms with Crippen molar-refractivity contribution in [1.29, 1.82) is 0 Å². The number of carboxylic acid groups (broad SMARTS) is 1. The van der Waals surface area contributed by atoms with Crippen LogP contribution in [0, 0.1) is 17.8 Å². The molecule has 0 radical (unpaired) electrons. The smallest absolute Gasteiger partial charge is 0.307 e. The maximum atomic E-state index is 12.4. The molecule has 2 N–H and O–H groups in total. The van der Waals surface area contributed by atoms with Gasteiger partial charge in [-0.1, -0.05) is 19.9 Å². The van der Waals surface area contributed by atoms with Gasteiger partial charge in [0.05, 0.1) is 17.9 Å². The Morgan fingerprint density at radius 1 is 1.45 bits per heavy atom. The lowest BCUT2D eigenvalue weighted by Crippen LogP contribution is -2.37. The van der Waals surface area contributed by atoms with Crippen LogP contribution in [0.1, 0.15) is 44.0 Å². The van der Waals surface area contributed by atoms with E-state index in [0.29, 0.717) is 18.8 Å². The van der Waals surface area contributed by atoms with E-state index in [1.165, 1.54) is 0 Å². The second-order valence-corrected chi connectivity index (χ2v) is 6.59. The molecule has 0 saturated heterocycles. The highest BCUT2D eigenvalue weighted by atomic mass is 32.1. The van der Waals surface area contributed by atoms with E-state index in [-0.39, 0.29) is 11.9 Å². The Kier molecular flexibility index (Phi) is 4.81. The van der Waals surface area contributed by atoms with E-state index in [1.54, 1.807) is 11.3 Å². The van der Waals surface area contributed by atoms with E-state index >= 15 is 0 Å². The van der Waals surface area contributed by atoms with Gasteiger partial charge in [0.15, 0.2) is 0 Å². The zero-order chi connectivity index (χ0) is 14.7. The molecule has 2 rings (SSSR count). The van der Waals surface area contributed by atoms with Crippen molar-refractivity contribution in [1.82, 2.24) is 5.32 Å². The Morgan fingerprint density at radius 2 is 2.15 bits per heavy atom. The van der Waals surface area contributed by atoms with Crippen molar-refractivity contribution in [3.05, 3.63) is 22.4 Å². The fraction of sp³-hybridized carbons (Fsp3) is 0.600. The highest BCUT2D eigenvalue weighted by Gasteiger charge is 2.41. The van der Waals surface area contributed by atoms with Gasteiger partial charge >= 0.3 is 5.97 Å². The van der Waals surface area contributed by atoms with Gasteiger partial charge in [0, 0.05) is 4.88 Å². The van der Waals surface area contributed by atoms with E-state index in [1.807, 2.05) is 31.4 Å². The summed E-state index contributed by atoms with van der Waals surface area (Å²) in [6, 6.07) is 3.96. The largest absolute Gasteiger partial charge is 0.481 e. The van der Waals surface area contributed by atoms with Gasteiger partial charge in [-0.25, -0.2) is 0 Å². The molecule has 1 fully saturated rings. The van der Waals surface area contributed by atoms with Crippen molar-refractivity contribution in [2.75, 3.05) is 0 Å². The molecule has 4 nitrogen and oxygen atoms in total. The van der Waals surface area contributed by atoms with Gasteiger partial charge in [-0.2, -0.15) is 0 Å². The van der Waals surface area contributed by atoms with Gasteiger partial charge in [0.25, 0.3) is 0 Å². The maximum Gasteiger partial charge on any atom is 0.307 e. The van der Waals surface area contributed by atoms with Crippen LogP contribution in [0.25, 0.3) is 0 Å². The first-order valence-electron chi connectivity index (χ1n) is 7.09. The third-order valence-corrected chi connectivity index (χ3v) is 5.05. The van der Waals surface area contributed by atoms with Crippen LogP contribution >= 0.6 is 11.3 Å². The Labute approximate surface area is 123 Å². The van der Waals surface area contributed by atoms with Crippen LogP contribution in [0.15, 0.2) is 17.5 Å². The minimum absolute atomic E-state index is 0.00662. The molecule has 5 heteroatoms. The van der Waals surface area contributed by atoms with Crippen molar-refractivity contribution >= 4 is 23.2 Å². The zero-order valence-electron chi connectivity index (χ0n) is 11.8. The van der Waals surface area contributed by atoms with Crippen molar-refractivity contribution < 1.29 is 14.7 Å². The first kappa shape index (κ1) is 15.0. The number of rotatable bonds is 5. The molecule has 1 aromatic heterocycles. The van der Waals surface area contributed by atoms with E-state index < -0.39 is 17.8 Å². The molecule has 1 aromatic rings. The number of thiophene rings is 1. The summed E-state index contributed by atoms with van der Waals surface area (Å²) in [5.74, 6) is -1.59. The molecule has 1 aliphatic carbocycles. The number of carbonyl (C=O) groups excluding carboxylic acids is 1. The fourth-order valence-corrected chi connectivity index (χ4v) is 3.86. The molecule has 4 atom stereocenters. The summed E-state index contributed by atoms with van der Waals surface area (Å²) in [6.45, 7) is 4.04. The lowest BCUT2D eigenvalue weighted by atomic mass is 9.95. The number of carbonyl (C=O) groups is 2. The molecule has 1 amide bonds. The first-order valence-corrected chi connectivity index (χ1v) is 7.97. The normalized spacial score (nSPS) is 27.2. The first-order chi connectivity index (χ1) is 9.52. The van der Waals surface area contributed by atoms with Crippen LogP contribution in [-0.4, -0.2) is 17.0 Å². The molecule has 20 heavy (non-hydrogen) atoms. The van der Waals surface area contributed by atoms with Crippen LogP contribution < -0.4 is 5.32 Å². The van der Waals surface area contributed by atoms with Crippen LogP contribution in [0.2, 0.25) is 0 Å². The molecule has 1 aliphatic rings. The minimum Gasteiger partial charge on any atom is -0.481 e. The zero-order valence-corrected chi connectivity index (χ0v) is 12.7. The third-order valence-electron chi connectivity index (χ3n) is 4.06. The lowest BCUT2D eigenvalue weighted by Gasteiger charge is -2.20. The van der Waals surface area contributed by atoms with Crippen LogP contribution in [0.5, 0.6) is 0 Å². The average molecular weight is 295 g/mol. The molecule has 1 saturated carbocycles. The summed E-state index contributed by atoms with van der Waals surface area (Å²) < 4.78 is 0. The summed E-state index contributed by atoms with van der Waals surface area (Å²) in [6.07, 6.45) is 2.08. The standard InChI is InChI=1S/C15H21NO3S/c1-3-12(13-5-4-6-20-13)16-14(17)10-7-9(2)8-11(10)15(18)19/h4-6,9-12H,3,7-8H2,1-2H3,(H,16,17)(H,18,19)/t9?,10-,11+,12?/m0/s1. The predicted octanol–water partition coefficient (Wildman–Crippen LogP) is 3.06. The van der Waals surface area contributed by atoms with Crippen molar-refractivity contribution in [2.24, 2.45) is 17.8 Å². The minimum atomic E-state index is -0.848. The van der Waals surface area contributed by atoms with Gasteiger partial charge in [0.1, 0.15) is 0 Å². The molecule has 2 unspecified atom stereocenters. The van der Waals surface area contributed by atoms with Gasteiger partial charge in [0.2, 0.25) is 5.91 Å². The quantitative estimate of drug-likeness (QED) is 0.877. The Bertz CT molecular complexity index is 471. The monoisotopic (exact) mass is 295 g/mol. The molecule has 0 aromatic carbocycles. The molecule has 1 heterocycles. The maximum absolute atomic E-state index is 12.4. The van der Waals surface area contributed by atoms with Crippen LogP contribution in [-0.2, 0) is 9.59 Å². The number of hydrogen-bond acceptors (Lipinski definition) is 3. The van der Waals surface area contributed by atoms with Gasteiger partial charge in [-0.3, -0.25) is 9.59 Å². The second-order valence-electron chi connectivity index (χ2n) is 5.61. The molecular weight excluding hydrogens is 274 g/mol. The van der Waals surface area contributed by atoms with E-state index in [4.69, 9.17) is 0 Å². The van der Waals surface area contributed by atoms with E-state index in [2.05, 4.69) is 5.32 Å². The molecule has 0 aliphatic heterocycles. The molecule has 110 valence electrons. The van der Waals surface area contributed by atoms with Crippen molar-refractivity contribution in [3.63, 3.8) is 0 Å². The summed E-state index contributed by atoms with van der Waals surface area (Å²) in [4.78, 5) is 24.8. The Balaban J connectivity index is 2.05. The van der Waals surface area contributed by atoms with Crippen LogP contribution in [0.3, 0.4) is 0 Å². The van der Waals surface area contributed by atoms with E-state index in [9.17, 15) is 14.7 Å². The fourth-order valence-electron chi connectivity index (χ4n) is 3.00. The van der Waals surface area contributed by atoms with E-state index in [0.717, 1.165) is 11.3 Å². The Hall–Kier alpha value is -1.36. The van der Waals surface area contributed by atoms with Crippen molar-refractivity contribution in [3.8, 4) is 0 Å². The average Bonchev–Trinajstić information content (AvgIpc) is 3.04. The number of hydrogen-bond donors (Lipinski definition) is 2. The lowest BCUT2D eigenvalue weighted by molar-refractivity contribution is -0.146. The number of nitrogens with one attached hydrogen (secondary N) is 1. The van der Waals surface area contributed by atoms with Gasteiger partial charge in [-0.15, -0.1) is 11.3 Å². The highest BCUT2D eigenvalue weighted by Crippen LogP contribution is 2.37. The number of amides is 1. The predicted molar refractivity (Wildman–Crippen MR) is 78.5 cm³/mol. The van der Waals surface area contributed by atoms with Crippen LogP contribution in [0.4, 0.5) is 0 Å². The summed E-state index contributed by atoms with van der Waals surface area (Å²) in [7, 11) is 0.